The minimum absolute atomic E-state index is 0.217. The van der Waals surface area contributed by atoms with Crippen LogP contribution in [0.4, 0.5) is 23.0 Å². The summed E-state index contributed by atoms with van der Waals surface area (Å²) in [6.45, 7) is 4.00. The first-order valence-corrected chi connectivity index (χ1v) is 6.82. The van der Waals surface area contributed by atoms with E-state index in [1.807, 2.05) is 13.8 Å². The van der Waals surface area contributed by atoms with Crippen LogP contribution in [0.2, 0.25) is 10.0 Å². The predicted octanol–water partition coefficient (Wildman–Crippen LogP) is 3.93. The zero-order valence-corrected chi connectivity index (χ0v) is 12.6. The third-order valence-corrected chi connectivity index (χ3v) is 3.06. The van der Waals surface area contributed by atoms with Crippen molar-refractivity contribution in [3.8, 4) is 0 Å². The highest BCUT2D eigenvalue weighted by Gasteiger charge is 2.10. The molecule has 0 radical (unpaired) electrons. The van der Waals surface area contributed by atoms with Crippen molar-refractivity contribution in [2.75, 3.05) is 16.4 Å². The summed E-state index contributed by atoms with van der Waals surface area (Å²) in [4.78, 5) is 8.24. The van der Waals surface area contributed by atoms with Gasteiger partial charge in [0.25, 0.3) is 0 Å². The predicted molar refractivity (Wildman–Crippen MR) is 84.9 cm³/mol. The standard InChI is InChI=1S/C13H15Cl2N5/c1-7(2)19-12-11(16)13(18-6-17-12)20-10-5-8(14)3-4-9(10)15/h3-7H,16H2,1-2H3,(H2,17,18,19,20). The van der Waals surface area contributed by atoms with Crippen molar-refractivity contribution in [2.45, 2.75) is 19.9 Å². The largest absolute Gasteiger partial charge is 0.393 e. The lowest BCUT2D eigenvalue weighted by Gasteiger charge is -2.15. The van der Waals surface area contributed by atoms with Gasteiger partial charge >= 0.3 is 0 Å². The van der Waals surface area contributed by atoms with E-state index in [1.54, 1.807) is 18.2 Å². The highest BCUT2D eigenvalue weighted by Crippen LogP contribution is 2.31. The van der Waals surface area contributed by atoms with Gasteiger partial charge in [-0.3, -0.25) is 0 Å². The van der Waals surface area contributed by atoms with E-state index in [4.69, 9.17) is 28.9 Å². The van der Waals surface area contributed by atoms with Gasteiger partial charge in [0.05, 0.1) is 10.7 Å². The fourth-order valence-corrected chi connectivity index (χ4v) is 1.94. The molecule has 0 aliphatic rings. The van der Waals surface area contributed by atoms with Crippen LogP contribution in [-0.4, -0.2) is 16.0 Å². The van der Waals surface area contributed by atoms with Crippen LogP contribution >= 0.6 is 23.2 Å². The molecular formula is C13H15Cl2N5. The minimum Gasteiger partial charge on any atom is -0.393 e. The van der Waals surface area contributed by atoms with Crippen molar-refractivity contribution in [3.63, 3.8) is 0 Å². The quantitative estimate of drug-likeness (QED) is 0.797. The van der Waals surface area contributed by atoms with Crippen LogP contribution in [0.25, 0.3) is 0 Å². The molecule has 7 heteroatoms. The maximum Gasteiger partial charge on any atom is 0.159 e. The number of rotatable bonds is 4. The van der Waals surface area contributed by atoms with Crippen molar-refractivity contribution in [1.82, 2.24) is 9.97 Å². The van der Waals surface area contributed by atoms with Gasteiger partial charge in [0.2, 0.25) is 0 Å². The summed E-state index contributed by atoms with van der Waals surface area (Å²) < 4.78 is 0. The summed E-state index contributed by atoms with van der Waals surface area (Å²) in [7, 11) is 0. The Balaban J connectivity index is 2.32. The summed E-state index contributed by atoms with van der Waals surface area (Å²) in [6, 6.07) is 5.34. The van der Waals surface area contributed by atoms with E-state index in [0.29, 0.717) is 33.1 Å². The molecule has 0 bridgehead atoms. The van der Waals surface area contributed by atoms with Gasteiger partial charge in [-0.15, -0.1) is 0 Å². The molecule has 0 spiro atoms. The Morgan fingerprint density at radius 3 is 2.55 bits per heavy atom. The number of nitrogens with two attached hydrogens (primary N) is 1. The van der Waals surface area contributed by atoms with E-state index >= 15 is 0 Å². The lowest BCUT2D eigenvalue weighted by atomic mass is 10.3. The van der Waals surface area contributed by atoms with Crippen LogP contribution in [0.15, 0.2) is 24.5 Å². The maximum absolute atomic E-state index is 6.10. The Morgan fingerprint density at radius 1 is 1.15 bits per heavy atom. The monoisotopic (exact) mass is 311 g/mol. The van der Waals surface area contributed by atoms with Gasteiger partial charge in [-0.2, -0.15) is 0 Å². The Labute approximate surface area is 127 Å². The lowest BCUT2D eigenvalue weighted by molar-refractivity contribution is 0.887. The molecule has 5 nitrogen and oxygen atoms in total. The molecule has 0 saturated heterocycles. The van der Waals surface area contributed by atoms with E-state index in [9.17, 15) is 0 Å². The van der Waals surface area contributed by atoms with Gasteiger partial charge in [-0.05, 0) is 32.0 Å². The van der Waals surface area contributed by atoms with Crippen molar-refractivity contribution in [1.29, 1.82) is 0 Å². The zero-order valence-electron chi connectivity index (χ0n) is 11.1. The van der Waals surface area contributed by atoms with Gasteiger partial charge in [0.1, 0.15) is 12.0 Å². The second-order valence-corrected chi connectivity index (χ2v) is 5.38. The van der Waals surface area contributed by atoms with Crippen molar-refractivity contribution in [3.05, 3.63) is 34.6 Å². The van der Waals surface area contributed by atoms with Crippen molar-refractivity contribution >= 4 is 46.2 Å². The number of halogens is 2. The second-order valence-electron chi connectivity index (χ2n) is 4.53. The molecule has 0 aliphatic heterocycles. The third kappa shape index (κ3) is 3.43. The third-order valence-electron chi connectivity index (χ3n) is 2.49. The molecule has 1 aromatic carbocycles. The molecule has 0 unspecified atom stereocenters. The summed E-state index contributed by atoms with van der Waals surface area (Å²) in [5.41, 5.74) is 7.11. The Hall–Kier alpha value is -1.72. The number of hydrogen-bond donors (Lipinski definition) is 3. The fourth-order valence-electron chi connectivity index (χ4n) is 1.60. The molecule has 20 heavy (non-hydrogen) atoms. The first-order chi connectivity index (χ1) is 9.47. The fraction of sp³-hybridized carbons (Fsp3) is 0.231. The smallest absolute Gasteiger partial charge is 0.159 e. The van der Waals surface area contributed by atoms with Crippen LogP contribution in [0.1, 0.15) is 13.8 Å². The molecule has 2 aromatic rings. The summed E-state index contributed by atoms with van der Waals surface area (Å²) >= 11 is 12.0. The Morgan fingerprint density at radius 2 is 1.85 bits per heavy atom. The van der Waals surface area contributed by atoms with Gasteiger partial charge in [-0.1, -0.05) is 23.2 Å². The molecule has 0 atom stereocenters. The molecule has 106 valence electrons. The number of benzene rings is 1. The molecule has 2 rings (SSSR count). The van der Waals surface area contributed by atoms with Gasteiger partial charge < -0.3 is 16.4 Å². The van der Waals surface area contributed by atoms with Crippen LogP contribution in [0, 0.1) is 0 Å². The van der Waals surface area contributed by atoms with Crippen LogP contribution in [-0.2, 0) is 0 Å². The first-order valence-electron chi connectivity index (χ1n) is 6.06. The SMILES string of the molecule is CC(C)Nc1ncnc(Nc2cc(Cl)ccc2Cl)c1N. The molecule has 4 N–H and O–H groups in total. The van der Waals surface area contributed by atoms with Crippen LogP contribution in [0.5, 0.6) is 0 Å². The Bertz CT molecular complexity index is 616. The molecule has 1 aromatic heterocycles. The van der Waals surface area contributed by atoms with Crippen molar-refractivity contribution in [2.24, 2.45) is 0 Å². The molecule has 0 amide bonds. The number of anilines is 4. The van der Waals surface area contributed by atoms with E-state index in [2.05, 4.69) is 20.6 Å². The maximum atomic E-state index is 6.10. The van der Waals surface area contributed by atoms with E-state index in [-0.39, 0.29) is 6.04 Å². The van der Waals surface area contributed by atoms with E-state index < -0.39 is 0 Å². The number of nitrogens with one attached hydrogen (secondary N) is 2. The summed E-state index contributed by atoms with van der Waals surface area (Å²) in [5, 5.41) is 7.32. The number of nitrogens with zero attached hydrogens (tertiary/aromatic N) is 2. The molecular weight excluding hydrogens is 297 g/mol. The zero-order chi connectivity index (χ0) is 14.7. The lowest BCUT2D eigenvalue weighted by Crippen LogP contribution is -2.14. The van der Waals surface area contributed by atoms with Gasteiger partial charge in [0.15, 0.2) is 11.6 Å². The highest BCUT2D eigenvalue weighted by molar-refractivity contribution is 6.35. The van der Waals surface area contributed by atoms with Crippen molar-refractivity contribution < 1.29 is 0 Å². The number of aromatic nitrogens is 2. The summed E-state index contributed by atoms with van der Waals surface area (Å²) in [6.07, 6.45) is 1.43. The molecule has 0 saturated carbocycles. The van der Waals surface area contributed by atoms with Gasteiger partial charge in [-0.25, -0.2) is 9.97 Å². The number of hydrogen-bond acceptors (Lipinski definition) is 5. The molecule has 1 heterocycles. The number of nitrogen functional groups attached to an aromatic ring is 1. The minimum atomic E-state index is 0.217. The topological polar surface area (TPSA) is 75.9 Å². The second kappa shape index (κ2) is 6.15. The Kier molecular flexibility index (Phi) is 4.52. The van der Waals surface area contributed by atoms with Crippen LogP contribution < -0.4 is 16.4 Å². The van der Waals surface area contributed by atoms with Crippen LogP contribution in [0.3, 0.4) is 0 Å². The first kappa shape index (κ1) is 14.7. The average Bonchev–Trinajstić information content (AvgIpc) is 2.38. The van der Waals surface area contributed by atoms with E-state index in [1.165, 1.54) is 6.33 Å². The van der Waals surface area contributed by atoms with Gasteiger partial charge in [0, 0.05) is 11.1 Å². The van der Waals surface area contributed by atoms with E-state index in [0.717, 1.165) is 0 Å². The normalized spacial score (nSPS) is 10.7. The summed E-state index contributed by atoms with van der Waals surface area (Å²) in [5.74, 6) is 1.06. The molecule has 0 fully saturated rings. The molecule has 0 aliphatic carbocycles. The highest BCUT2D eigenvalue weighted by atomic mass is 35.5. The average molecular weight is 312 g/mol.